The van der Waals surface area contributed by atoms with E-state index in [2.05, 4.69) is 13.1 Å². The van der Waals surface area contributed by atoms with Crippen LogP contribution in [0.15, 0.2) is 0 Å². The van der Waals surface area contributed by atoms with Crippen LogP contribution in [0.5, 0.6) is 0 Å². The second kappa shape index (κ2) is 7.36. The minimum atomic E-state index is -2.87. The number of hydrogen-bond acceptors (Lipinski definition) is 8. The van der Waals surface area contributed by atoms with Crippen LogP contribution in [-0.4, -0.2) is 35.2 Å². The van der Waals surface area contributed by atoms with Gasteiger partial charge in [-0.15, -0.1) is 4.52 Å². The van der Waals surface area contributed by atoms with Gasteiger partial charge in [-0.1, -0.05) is 11.6 Å². The number of aliphatic hydroxyl groups excluding tert-OH is 1. The van der Waals surface area contributed by atoms with Crippen molar-refractivity contribution in [2.24, 2.45) is 0 Å². The maximum Gasteiger partial charge on any atom is 0.759 e. The fraction of sp³-hybridized carbons (Fsp3) is 1.00. The summed E-state index contributed by atoms with van der Waals surface area (Å²) in [6, 6.07) is 0. The van der Waals surface area contributed by atoms with Gasteiger partial charge in [0.1, 0.15) is 24.9 Å². The van der Waals surface area contributed by atoms with Crippen molar-refractivity contribution in [2.75, 3.05) is 6.61 Å². The molecule has 19 heavy (non-hydrogen) atoms. The minimum Gasteiger partial charge on any atom is -0.385 e. The molecule has 0 saturated carbocycles. The lowest BCUT2D eigenvalue weighted by Crippen LogP contribution is -2.38. The van der Waals surface area contributed by atoms with Gasteiger partial charge in [0.05, 0.1) is 0 Å². The highest BCUT2D eigenvalue weighted by atomic mass is 35.5. The maximum absolute atomic E-state index is 13.6. The van der Waals surface area contributed by atoms with Gasteiger partial charge in [0.15, 0.2) is 4.31 Å². The van der Waals surface area contributed by atoms with Gasteiger partial charge in [0.2, 0.25) is 5.13 Å². The molecule has 1 fully saturated rings. The summed E-state index contributed by atoms with van der Waals surface area (Å²) in [4.78, 5) is 0. The normalized spacial score (nSPS) is 36.5. The molecule has 1 aliphatic rings. The SMILES string of the molecule is C[C@@H]1O[C@H](CO[P+](=O)O[P+](=O)OP=O)[C@@H](O)[C@]1(F)Cl. The van der Waals surface area contributed by atoms with Crippen molar-refractivity contribution in [2.45, 2.75) is 30.4 Å². The topological polar surface area (TPSA) is 108 Å². The van der Waals surface area contributed by atoms with Crippen LogP contribution in [-0.2, 0) is 31.6 Å². The Balaban J connectivity index is 2.40. The van der Waals surface area contributed by atoms with Gasteiger partial charge in [-0.25, -0.2) is 8.96 Å². The maximum atomic E-state index is 13.6. The molecule has 6 atom stereocenters. The van der Waals surface area contributed by atoms with Gasteiger partial charge in [-0.2, -0.15) is 0 Å². The van der Waals surface area contributed by atoms with Crippen molar-refractivity contribution in [3.05, 3.63) is 0 Å². The molecule has 1 rings (SSSR count). The lowest BCUT2D eigenvalue weighted by molar-refractivity contribution is -0.0111. The first-order valence-corrected chi connectivity index (χ1v) is 8.05. The summed E-state index contributed by atoms with van der Waals surface area (Å²) in [7, 11) is -6.65. The van der Waals surface area contributed by atoms with Crippen molar-refractivity contribution >= 4 is 36.8 Å². The van der Waals surface area contributed by atoms with E-state index in [0.717, 1.165) is 0 Å². The summed E-state index contributed by atoms with van der Waals surface area (Å²) < 4.78 is 63.0. The molecule has 0 radical (unpaired) electrons. The van der Waals surface area contributed by atoms with Crippen LogP contribution >= 0.6 is 36.8 Å². The fourth-order valence-electron chi connectivity index (χ4n) is 1.30. The third kappa shape index (κ3) is 4.67. The second-order valence-corrected chi connectivity index (χ2v) is 6.60. The monoisotopic (exact) mass is 356 g/mol. The minimum absolute atomic E-state index is 0.503. The molecular formula is C6H9ClFO8P3+2. The Morgan fingerprint density at radius 1 is 1.53 bits per heavy atom. The van der Waals surface area contributed by atoms with Crippen molar-refractivity contribution < 1.29 is 41.1 Å². The molecule has 0 aromatic heterocycles. The lowest BCUT2D eigenvalue weighted by Gasteiger charge is -2.17. The summed E-state index contributed by atoms with van der Waals surface area (Å²) in [5, 5.41) is 7.02. The summed E-state index contributed by atoms with van der Waals surface area (Å²) in [5.41, 5.74) is 0. The molecule has 0 aliphatic carbocycles. The number of hydrogen-bond donors (Lipinski definition) is 1. The third-order valence-corrected chi connectivity index (χ3v) is 5.00. The third-order valence-electron chi connectivity index (χ3n) is 2.24. The quantitative estimate of drug-likeness (QED) is 0.548. The first-order valence-electron chi connectivity index (χ1n) is 4.75. The smallest absolute Gasteiger partial charge is 0.385 e. The Kier molecular flexibility index (Phi) is 6.73. The Morgan fingerprint density at radius 2 is 2.16 bits per heavy atom. The Labute approximate surface area is 115 Å². The van der Waals surface area contributed by atoms with Gasteiger partial charge >= 0.3 is 25.2 Å². The summed E-state index contributed by atoms with van der Waals surface area (Å²) in [6.07, 6.45) is -3.93. The zero-order valence-electron chi connectivity index (χ0n) is 9.34. The Hall–Kier alpha value is 0.320. The molecule has 0 aromatic carbocycles. The van der Waals surface area contributed by atoms with Crippen LogP contribution < -0.4 is 0 Å². The van der Waals surface area contributed by atoms with E-state index in [1.807, 2.05) is 0 Å². The van der Waals surface area contributed by atoms with E-state index in [0.29, 0.717) is 0 Å². The van der Waals surface area contributed by atoms with Crippen molar-refractivity contribution in [1.29, 1.82) is 0 Å². The molecule has 0 bridgehead atoms. The predicted molar refractivity (Wildman–Crippen MR) is 61.0 cm³/mol. The van der Waals surface area contributed by atoms with E-state index in [1.54, 1.807) is 0 Å². The number of aliphatic hydroxyl groups is 1. The number of ether oxygens (including phenoxy) is 1. The van der Waals surface area contributed by atoms with Gasteiger partial charge in [-0.3, -0.25) is 0 Å². The van der Waals surface area contributed by atoms with E-state index in [1.165, 1.54) is 6.92 Å². The average molecular weight is 357 g/mol. The first-order chi connectivity index (χ1) is 8.78. The number of rotatable bonds is 7. The summed E-state index contributed by atoms with van der Waals surface area (Å²) in [5.74, 6) is 0. The largest absolute Gasteiger partial charge is 0.759 e. The summed E-state index contributed by atoms with van der Waals surface area (Å²) >= 11 is 5.40. The van der Waals surface area contributed by atoms with E-state index in [-0.39, 0.29) is 0 Å². The van der Waals surface area contributed by atoms with Crippen LogP contribution in [0.3, 0.4) is 0 Å². The van der Waals surface area contributed by atoms with Crippen LogP contribution in [0.25, 0.3) is 0 Å². The molecule has 1 saturated heterocycles. The molecule has 0 aromatic rings. The fourth-order valence-corrected chi connectivity index (χ4v) is 2.99. The molecule has 0 amide bonds. The highest BCUT2D eigenvalue weighted by Crippen LogP contribution is 2.43. The zero-order chi connectivity index (χ0) is 14.6. The summed E-state index contributed by atoms with van der Waals surface area (Å²) in [6.45, 7) is 0.808. The van der Waals surface area contributed by atoms with Crippen molar-refractivity contribution in [3.8, 4) is 0 Å². The Bertz CT molecular complexity index is 381. The highest BCUT2D eigenvalue weighted by Gasteiger charge is 2.55. The number of alkyl halides is 2. The van der Waals surface area contributed by atoms with Crippen molar-refractivity contribution in [3.63, 3.8) is 0 Å². The molecular weight excluding hydrogens is 347 g/mol. The second-order valence-electron chi connectivity index (χ2n) is 3.42. The predicted octanol–water partition coefficient (Wildman–Crippen LogP) is 2.61. The van der Waals surface area contributed by atoms with E-state index >= 15 is 0 Å². The van der Waals surface area contributed by atoms with Crippen LogP contribution in [0.1, 0.15) is 6.92 Å². The van der Waals surface area contributed by atoms with E-state index < -0.39 is 55.2 Å². The molecule has 0 spiro atoms. The van der Waals surface area contributed by atoms with Gasteiger partial charge in [0, 0.05) is 9.13 Å². The molecule has 108 valence electrons. The van der Waals surface area contributed by atoms with Crippen LogP contribution in [0.4, 0.5) is 4.39 Å². The molecule has 1 heterocycles. The average Bonchev–Trinajstić information content (AvgIpc) is 2.50. The molecule has 13 heteroatoms. The Morgan fingerprint density at radius 3 is 2.63 bits per heavy atom. The van der Waals surface area contributed by atoms with E-state index in [9.17, 15) is 23.2 Å². The van der Waals surface area contributed by atoms with E-state index in [4.69, 9.17) is 16.3 Å². The molecule has 1 aliphatic heterocycles. The number of halogens is 2. The van der Waals surface area contributed by atoms with Gasteiger partial charge < -0.3 is 9.84 Å². The zero-order valence-corrected chi connectivity index (χ0v) is 12.8. The molecule has 2 unspecified atom stereocenters. The highest BCUT2D eigenvalue weighted by molar-refractivity contribution is 7.50. The van der Waals surface area contributed by atoms with Crippen LogP contribution in [0.2, 0.25) is 0 Å². The lowest BCUT2D eigenvalue weighted by atomic mass is 10.1. The van der Waals surface area contributed by atoms with Crippen LogP contribution in [0, 0.1) is 0 Å². The van der Waals surface area contributed by atoms with Gasteiger partial charge in [0.25, 0.3) is 0 Å². The standard InChI is InChI=1S/C6H9ClFO8P3/c1-3-6(7,8)5(9)4(14-3)2-13-18(11)16-19(12)15-17-10/h3-5,9H,2H2,1H3/q+2/t3-,4+,5+,6-/m0/s1. The molecule has 8 nitrogen and oxygen atoms in total. The first kappa shape index (κ1) is 17.4. The van der Waals surface area contributed by atoms with Gasteiger partial charge in [-0.05, 0) is 11.2 Å². The van der Waals surface area contributed by atoms with Crippen molar-refractivity contribution in [1.82, 2.24) is 0 Å². The molecule has 1 N–H and O–H groups in total.